The van der Waals surface area contributed by atoms with Gasteiger partial charge in [0.25, 0.3) is 11.8 Å². The van der Waals surface area contributed by atoms with Crippen LogP contribution in [0.15, 0.2) is 40.6 Å². The van der Waals surface area contributed by atoms with Crippen LogP contribution in [0.2, 0.25) is 0 Å². The average molecular weight is 579 g/mol. The van der Waals surface area contributed by atoms with Crippen LogP contribution in [0.25, 0.3) is 0 Å². The molecule has 222 valence electrons. The van der Waals surface area contributed by atoms with Crippen LogP contribution in [0.4, 0.5) is 0 Å². The number of hydrogen-bond donors (Lipinski definition) is 7. The van der Waals surface area contributed by atoms with Crippen LogP contribution in [-0.4, -0.2) is 98.1 Å². The van der Waals surface area contributed by atoms with Gasteiger partial charge in [0, 0.05) is 31.0 Å². The lowest BCUT2D eigenvalue weighted by molar-refractivity contribution is -0.230. The Hall–Kier alpha value is -4.50. The number of guanidine groups is 2. The summed E-state index contributed by atoms with van der Waals surface area (Å²) in [5.41, 5.74) is 12.4. The largest absolute Gasteiger partial charge is 0.492 e. The first-order chi connectivity index (χ1) is 19.8. The van der Waals surface area contributed by atoms with Crippen molar-refractivity contribution in [1.82, 2.24) is 30.8 Å². The van der Waals surface area contributed by atoms with E-state index in [1.807, 2.05) is 6.07 Å². The van der Waals surface area contributed by atoms with E-state index in [1.54, 1.807) is 19.1 Å². The first kappa shape index (κ1) is 27.7. The topological polar surface area (TPSA) is 226 Å². The fourth-order valence-electron chi connectivity index (χ4n) is 6.22. The summed E-state index contributed by atoms with van der Waals surface area (Å²) in [6.45, 7) is 6.24. The summed E-state index contributed by atoms with van der Waals surface area (Å²) < 4.78 is 5.89. The Morgan fingerprint density at radius 3 is 2.64 bits per heavy atom. The number of nitrogens with two attached hydrogens (primary N) is 2. The molecule has 2 amide bonds. The van der Waals surface area contributed by atoms with Gasteiger partial charge in [-0.1, -0.05) is 26.0 Å². The van der Waals surface area contributed by atoms with Crippen LogP contribution in [0.3, 0.4) is 0 Å². The van der Waals surface area contributed by atoms with Gasteiger partial charge in [0.2, 0.25) is 11.6 Å². The number of aliphatic imine (C=N–C) groups is 2. The van der Waals surface area contributed by atoms with E-state index < -0.39 is 41.4 Å². The standard InChI is InChI=1S/C27H34N10O5/c1-13-9-30-20(31-10-13)22(39)32-11-16-19-26(36-23(28)35-19)27(40,41)17(12-37(26)24(29)33-16)34-21(38)14-5-4-6-15-18(14)42-8-7-25(15,2)3/h4-6,9-10,16-17,19,40-41H,7-8,11-12H2,1-3H3,(H2,29,33)(H,32,39)(H,34,38)(H3,28,35,36)/t16?,17-,19?,26?/m0/s1. The van der Waals surface area contributed by atoms with Gasteiger partial charge in [0.15, 0.2) is 17.6 Å². The number of hydrogen-bond acceptors (Lipinski definition) is 13. The molecule has 2 aromatic rings. The number of rotatable bonds is 5. The Morgan fingerprint density at radius 1 is 1.17 bits per heavy atom. The predicted molar refractivity (Wildman–Crippen MR) is 150 cm³/mol. The first-order valence-electron chi connectivity index (χ1n) is 13.7. The van der Waals surface area contributed by atoms with Crippen LogP contribution >= 0.6 is 0 Å². The molecule has 9 N–H and O–H groups in total. The predicted octanol–water partition coefficient (Wildman–Crippen LogP) is -1.95. The summed E-state index contributed by atoms with van der Waals surface area (Å²) in [5.74, 6) is -3.39. The molecule has 0 bridgehead atoms. The smallest absolute Gasteiger partial charge is 0.289 e. The lowest BCUT2D eigenvalue weighted by Crippen LogP contribution is -2.78. The number of aryl methyl sites for hydroxylation is 1. The molecule has 0 radical (unpaired) electrons. The van der Waals surface area contributed by atoms with E-state index in [0.29, 0.717) is 12.4 Å². The van der Waals surface area contributed by atoms with Gasteiger partial charge in [-0.25, -0.2) is 20.0 Å². The van der Waals surface area contributed by atoms with Crippen molar-refractivity contribution in [3.8, 4) is 5.75 Å². The maximum absolute atomic E-state index is 13.6. The summed E-state index contributed by atoms with van der Waals surface area (Å²) in [6, 6.07) is 2.27. The van der Waals surface area contributed by atoms with Crippen LogP contribution < -0.4 is 32.2 Å². The number of ether oxygens (including phenoxy) is 1. The van der Waals surface area contributed by atoms with Crippen LogP contribution in [0.1, 0.15) is 52.4 Å². The van der Waals surface area contributed by atoms with Crippen molar-refractivity contribution in [3.05, 3.63) is 53.1 Å². The second-order valence-electron chi connectivity index (χ2n) is 11.7. The highest BCUT2D eigenvalue weighted by Gasteiger charge is 2.73. The van der Waals surface area contributed by atoms with E-state index in [9.17, 15) is 19.8 Å². The monoisotopic (exact) mass is 578 g/mol. The summed E-state index contributed by atoms with van der Waals surface area (Å²) in [7, 11) is 0. The average Bonchev–Trinajstić information content (AvgIpc) is 3.41. The normalized spacial score (nSPS) is 28.2. The fourth-order valence-corrected chi connectivity index (χ4v) is 6.22. The highest BCUT2D eigenvalue weighted by atomic mass is 16.5. The Balaban J connectivity index is 1.26. The molecule has 4 aliphatic heterocycles. The molecule has 1 spiro atoms. The minimum absolute atomic E-state index is 0.0324. The molecule has 1 aromatic carbocycles. The molecule has 15 heteroatoms. The van der Waals surface area contributed by atoms with Gasteiger partial charge in [-0.3, -0.25) is 9.59 Å². The van der Waals surface area contributed by atoms with Crippen LogP contribution in [0, 0.1) is 6.92 Å². The summed E-state index contributed by atoms with van der Waals surface area (Å²) in [6.07, 6.45) is 3.84. The number of benzene rings is 1. The fraction of sp³-hybridized carbons (Fsp3) is 0.481. The second kappa shape index (κ2) is 9.52. The molecule has 1 saturated heterocycles. The number of aromatic nitrogens is 2. The third-order valence-corrected chi connectivity index (χ3v) is 8.53. The van der Waals surface area contributed by atoms with Gasteiger partial charge in [0.1, 0.15) is 17.8 Å². The molecule has 4 atom stereocenters. The molecular formula is C27H34N10O5. The number of nitrogens with zero attached hydrogens (tertiary/aromatic N) is 5. The van der Waals surface area contributed by atoms with Gasteiger partial charge in [-0.05, 0) is 30.4 Å². The molecule has 15 nitrogen and oxygen atoms in total. The van der Waals surface area contributed by atoms with Crippen molar-refractivity contribution >= 4 is 23.7 Å². The molecule has 0 aliphatic carbocycles. The third kappa shape index (κ3) is 4.10. The van der Waals surface area contributed by atoms with Crippen molar-refractivity contribution in [2.45, 2.75) is 62.2 Å². The lowest BCUT2D eigenvalue weighted by Gasteiger charge is -2.49. The zero-order valence-electron chi connectivity index (χ0n) is 23.5. The minimum atomic E-state index is -2.63. The van der Waals surface area contributed by atoms with Gasteiger partial charge < -0.3 is 47.3 Å². The number of carbonyl (C=O) groups is 2. The Kier molecular flexibility index (Phi) is 6.27. The zero-order chi connectivity index (χ0) is 30.0. The van der Waals surface area contributed by atoms with Crippen molar-refractivity contribution in [3.63, 3.8) is 0 Å². The van der Waals surface area contributed by atoms with Crippen LogP contribution in [-0.2, 0) is 5.41 Å². The molecule has 3 unspecified atom stereocenters. The highest BCUT2D eigenvalue weighted by Crippen LogP contribution is 2.45. The molecule has 6 rings (SSSR count). The van der Waals surface area contributed by atoms with Crippen molar-refractivity contribution in [1.29, 1.82) is 0 Å². The van der Waals surface area contributed by atoms with Gasteiger partial charge in [-0.15, -0.1) is 0 Å². The Bertz CT molecular complexity index is 1510. The summed E-state index contributed by atoms with van der Waals surface area (Å²) >= 11 is 0. The molecule has 0 saturated carbocycles. The zero-order valence-corrected chi connectivity index (χ0v) is 23.5. The van der Waals surface area contributed by atoms with Gasteiger partial charge in [-0.2, -0.15) is 0 Å². The summed E-state index contributed by atoms with van der Waals surface area (Å²) in [4.78, 5) is 44.7. The summed E-state index contributed by atoms with van der Waals surface area (Å²) in [5, 5.41) is 31.8. The highest BCUT2D eigenvalue weighted by molar-refractivity contribution is 5.98. The number of carbonyl (C=O) groups excluding carboxylic acids is 2. The number of para-hydroxylation sites is 1. The van der Waals surface area contributed by atoms with Gasteiger partial charge in [0.05, 0.1) is 18.2 Å². The van der Waals surface area contributed by atoms with Crippen molar-refractivity contribution < 1.29 is 24.5 Å². The van der Waals surface area contributed by atoms with E-state index in [1.165, 1.54) is 17.3 Å². The number of amides is 2. The molecule has 42 heavy (non-hydrogen) atoms. The Morgan fingerprint density at radius 2 is 1.90 bits per heavy atom. The first-order valence-corrected chi connectivity index (χ1v) is 13.7. The molecular weight excluding hydrogens is 544 g/mol. The van der Waals surface area contributed by atoms with Gasteiger partial charge >= 0.3 is 0 Å². The third-order valence-electron chi connectivity index (χ3n) is 8.53. The van der Waals surface area contributed by atoms with E-state index in [0.717, 1.165) is 17.5 Å². The lowest BCUT2D eigenvalue weighted by atomic mass is 9.79. The second-order valence-corrected chi connectivity index (χ2v) is 11.7. The van der Waals surface area contributed by atoms with Crippen LogP contribution in [0.5, 0.6) is 5.75 Å². The molecule has 4 aliphatic rings. The Labute approximate surface area is 241 Å². The van der Waals surface area contributed by atoms with E-state index >= 15 is 0 Å². The molecule has 1 aromatic heterocycles. The SMILES string of the molecule is Cc1cnc(C(=O)NCC2N=C(N)N3C[C@H](NC(=O)c4cccc5c4OCCC5(C)C)C(O)(O)C34NC(N)=NC24)nc1. The van der Waals surface area contributed by atoms with E-state index in [-0.39, 0.29) is 41.8 Å². The van der Waals surface area contributed by atoms with E-state index in [2.05, 4.69) is 49.8 Å². The number of aliphatic hydroxyl groups is 2. The number of nitrogens with one attached hydrogen (secondary N) is 3. The quantitative estimate of drug-likeness (QED) is 0.193. The van der Waals surface area contributed by atoms with Crippen molar-refractivity contribution in [2.24, 2.45) is 21.5 Å². The molecule has 1 fully saturated rings. The number of fused-ring (bicyclic) bond motifs is 1. The van der Waals surface area contributed by atoms with E-state index in [4.69, 9.17) is 16.2 Å². The maximum atomic E-state index is 13.6. The van der Waals surface area contributed by atoms with Crippen molar-refractivity contribution in [2.75, 3.05) is 19.7 Å². The molecule has 5 heterocycles. The maximum Gasteiger partial charge on any atom is 0.289 e. The minimum Gasteiger partial charge on any atom is -0.492 e.